The Morgan fingerprint density at radius 3 is 3.00 bits per heavy atom. The number of fused-ring (bicyclic) bond motifs is 1. The number of nitrogens with one attached hydrogen (secondary N) is 1. The van der Waals surface area contributed by atoms with Crippen LogP contribution in [0.25, 0.3) is 10.2 Å². The molecule has 110 valence electrons. The number of carbonyl (C=O) groups is 1. The van der Waals surface area contributed by atoms with Gasteiger partial charge in [-0.1, -0.05) is 0 Å². The van der Waals surface area contributed by atoms with E-state index in [2.05, 4.69) is 17.2 Å². The van der Waals surface area contributed by atoms with Gasteiger partial charge in [0.15, 0.2) is 0 Å². The number of hydrogen-bond donors (Lipinski definition) is 1. The molecule has 1 fully saturated rings. The smallest absolute Gasteiger partial charge is 0.254 e. The molecule has 0 aliphatic carbocycles. The van der Waals surface area contributed by atoms with Crippen LogP contribution in [0.1, 0.15) is 17.3 Å². The molecule has 1 aliphatic heterocycles. The number of carbonyl (C=O) groups excluding carboxylic acids is 1. The summed E-state index contributed by atoms with van der Waals surface area (Å²) in [6, 6.07) is 6.00. The monoisotopic (exact) mass is 333 g/mol. The van der Waals surface area contributed by atoms with E-state index in [0.717, 1.165) is 35.4 Å². The Morgan fingerprint density at radius 2 is 2.25 bits per heavy atom. The molecular weight excluding hydrogens is 317 g/mol. The highest BCUT2D eigenvalue weighted by Crippen LogP contribution is 2.20. The van der Waals surface area contributed by atoms with Gasteiger partial charge in [-0.05, 0) is 25.1 Å². The summed E-state index contributed by atoms with van der Waals surface area (Å²) in [6.45, 7) is 4.60. The summed E-state index contributed by atoms with van der Waals surface area (Å²) in [5.74, 6) is 0.124. The van der Waals surface area contributed by atoms with E-state index in [1.165, 1.54) is 0 Å². The van der Waals surface area contributed by atoms with Crippen molar-refractivity contribution >= 4 is 52.3 Å². The van der Waals surface area contributed by atoms with Crippen LogP contribution >= 0.6 is 36.2 Å². The molecule has 1 N–H and O–H groups in total. The van der Waals surface area contributed by atoms with Gasteiger partial charge in [-0.2, -0.15) is 0 Å². The number of nitrogens with zero attached hydrogens (tertiary/aromatic N) is 2. The topological polar surface area (TPSA) is 45.2 Å². The van der Waals surface area contributed by atoms with Gasteiger partial charge in [0, 0.05) is 31.2 Å². The van der Waals surface area contributed by atoms with Crippen molar-refractivity contribution < 1.29 is 4.79 Å². The minimum Gasteiger partial charge on any atom is -0.333 e. The lowest BCUT2D eigenvalue weighted by Gasteiger charge is -2.34. The number of amides is 1. The Kier molecular flexibility index (Phi) is 6.20. The molecular formula is C13H17Cl2N3OS. The van der Waals surface area contributed by atoms with Gasteiger partial charge < -0.3 is 10.2 Å². The largest absolute Gasteiger partial charge is 0.333 e. The van der Waals surface area contributed by atoms with E-state index in [9.17, 15) is 4.79 Å². The number of thiazole rings is 1. The lowest BCUT2D eigenvalue weighted by Crippen LogP contribution is -2.52. The van der Waals surface area contributed by atoms with Gasteiger partial charge in [0.2, 0.25) is 0 Å². The van der Waals surface area contributed by atoms with Crippen molar-refractivity contribution in [2.75, 3.05) is 19.6 Å². The van der Waals surface area contributed by atoms with Crippen LogP contribution in [0, 0.1) is 0 Å². The van der Waals surface area contributed by atoms with Crippen LogP contribution in [0.15, 0.2) is 23.7 Å². The van der Waals surface area contributed by atoms with E-state index >= 15 is 0 Å². The fourth-order valence-corrected chi connectivity index (χ4v) is 3.01. The third kappa shape index (κ3) is 3.23. The second-order valence-corrected chi connectivity index (χ2v) is 5.47. The summed E-state index contributed by atoms with van der Waals surface area (Å²) >= 11 is 1.57. The van der Waals surface area contributed by atoms with Crippen LogP contribution in [-0.4, -0.2) is 41.5 Å². The van der Waals surface area contributed by atoms with Crippen molar-refractivity contribution in [2.45, 2.75) is 13.0 Å². The molecule has 1 amide bonds. The fourth-order valence-electron chi connectivity index (χ4n) is 2.30. The van der Waals surface area contributed by atoms with Crippen LogP contribution in [0.3, 0.4) is 0 Å². The first kappa shape index (κ1) is 17.2. The molecule has 1 saturated heterocycles. The zero-order valence-electron chi connectivity index (χ0n) is 11.0. The van der Waals surface area contributed by atoms with E-state index in [1.54, 1.807) is 11.3 Å². The molecule has 0 spiro atoms. The quantitative estimate of drug-likeness (QED) is 0.872. The second-order valence-electron chi connectivity index (χ2n) is 4.59. The standard InChI is InChI=1S/C13H15N3OS.2ClH/c1-9-7-14-4-5-16(9)13(17)10-2-3-11-12(6-10)18-8-15-11;;/h2-3,6,8-9,14H,4-5,7H2,1H3;2*1H/t9-;;/m1../s1. The average molecular weight is 334 g/mol. The zero-order valence-corrected chi connectivity index (χ0v) is 13.5. The van der Waals surface area contributed by atoms with Gasteiger partial charge in [0.05, 0.1) is 15.7 Å². The summed E-state index contributed by atoms with van der Waals surface area (Å²) in [5.41, 5.74) is 3.54. The van der Waals surface area contributed by atoms with Crippen LogP contribution < -0.4 is 5.32 Å². The molecule has 20 heavy (non-hydrogen) atoms. The number of halogens is 2. The molecule has 1 aromatic carbocycles. The molecule has 1 aliphatic rings. The number of piperazine rings is 1. The summed E-state index contributed by atoms with van der Waals surface area (Å²) in [4.78, 5) is 18.6. The maximum Gasteiger partial charge on any atom is 0.254 e. The molecule has 1 atom stereocenters. The van der Waals surface area contributed by atoms with E-state index in [0.29, 0.717) is 0 Å². The van der Waals surface area contributed by atoms with Crippen molar-refractivity contribution in [2.24, 2.45) is 0 Å². The molecule has 3 rings (SSSR count). The van der Waals surface area contributed by atoms with Gasteiger partial charge in [0.1, 0.15) is 0 Å². The van der Waals surface area contributed by atoms with Crippen LogP contribution in [0.4, 0.5) is 0 Å². The Hall–Kier alpha value is -0.880. The minimum atomic E-state index is 0. The maximum absolute atomic E-state index is 12.5. The second kappa shape index (κ2) is 7.22. The Morgan fingerprint density at radius 1 is 1.45 bits per heavy atom. The molecule has 1 aromatic heterocycles. The number of benzene rings is 1. The summed E-state index contributed by atoms with van der Waals surface area (Å²) in [6.07, 6.45) is 0. The molecule has 4 nitrogen and oxygen atoms in total. The lowest BCUT2D eigenvalue weighted by molar-refractivity contribution is 0.0656. The SMILES string of the molecule is C[C@@H]1CNCCN1C(=O)c1ccc2ncsc2c1.Cl.Cl. The van der Waals surface area contributed by atoms with Gasteiger partial charge >= 0.3 is 0 Å². The maximum atomic E-state index is 12.5. The third-order valence-electron chi connectivity index (χ3n) is 3.34. The predicted octanol–water partition coefficient (Wildman–Crippen LogP) is 2.57. The number of aromatic nitrogens is 1. The summed E-state index contributed by atoms with van der Waals surface area (Å²) in [7, 11) is 0. The highest BCUT2D eigenvalue weighted by Gasteiger charge is 2.24. The molecule has 7 heteroatoms. The molecule has 0 unspecified atom stereocenters. The van der Waals surface area contributed by atoms with E-state index < -0.39 is 0 Å². The van der Waals surface area contributed by atoms with Crippen LogP contribution in [0.5, 0.6) is 0 Å². The van der Waals surface area contributed by atoms with Crippen molar-refractivity contribution in [3.8, 4) is 0 Å². The van der Waals surface area contributed by atoms with E-state index in [4.69, 9.17) is 0 Å². The van der Waals surface area contributed by atoms with Gasteiger partial charge in [0.25, 0.3) is 5.91 Å². The Balaban J connectivity index is 0.000001000. The van der Waals surface area contributed by atoms with Gasteiger partial charge in [-0.15, -0.1) is 36.2 Å². The zero-order chi connectivity index (χ0) is 12.5. The molecule has 2 aromatic rings. The molecule has 0 bridgehead atoms. The highest BCUT2D eigenvalue weighted by atomic mass is 35.5. The normalized spacial score (nSPS) is 18.2. The van der Waals surface area contributed by atoms with Crippen molar-refractivity contribution in [3.63, 3.8) is 0 Å². The third-order valence-corrected chi connectivity index (χ3v) is 4.13. The van der Waals surface area contributed by atoms with Crippen molar-refractivity contribution in [1.29, 1.82) is 0 Å². The molecule has 0 radical (unpaired) electrons. The number of hydrogen-bond acceptors (Lipinski definition) is 4. The average Bonchev–Trinajstić information content (AvgIpc) is 2.85. The van der Waals surface area contributed by atoms with Crippen LogP contribution in [-0.2, 0) is 0 Å². The Bertz CT molecular complexity index is 590. The van der Waals surface area contributed by atoms with Gasteiger partial charge in [-0.25, -0.2) is 4.98 Å². The van der Waals surface area contributed by atoms with E-state index in [-0.39, 0.29) is 36.8 Å². The Labute approximate surface area is 134 Å². The first-order valence-electron chi connectivity index (χ1n) is 6.10. The van der Waals surface area contributed by atoms with Crippen molar-refractivity contribution in [1.82, 2.24) is 15.2 Å². The van der Waals surface area contributed by atoms with Crippen LogP contribution in [0.2, 0.25) is 0 Å². The fraction of sp³-hybridized carbons (Fsp3) is 0.385. The predicted molar refractivity (Wildman–Crippen MR) is 87.5 cm³/mol. The summed E-state index contributed by atoms with van der Waals surface area (Å²) in [5, 5.41) is 3.29. The molecule has 2 heterocycles. The number of rotatable bonds is 1. The lowest BCUT2D eigenvalue weighted by atomic mass is 10.1. The van der Waals surface area contributed by atoms with Crippen molar-refractivity contribution in [3.05, 3.63) is 29.3 Å². The highest BCUT2D eigenvalue weighted by molar-refractivity contribution is 7.16. The first-order chi connectivity index (χ1) is 8.75. The van der Waals surface area contributed by atoms with Gasteiger partial charge in [-0.3, -0.25) is 4.79 Å². The summed E-state index contributed by atoms with van der Waals surface area (Å²) < 4.78 is 1.07. The van der Waals surface area contributed by atoms with E-state index in [1.807, 2.05) is 28.6 Å². The minimum absolute atomic E-state index is 0. The molecule has 0 saturated carbocycles. The first-order valence-corrected chi connectivity index (χ1v) is 6.98.